The summed E-state index contributed by atoms with van der Waals surface area (Å²) in [5.41, 5.74) is 1.61. The molecule has 2 aromatic heterocycles. The molecule has 0 saturated carbocycles. The number of aromatic nitrogens is 4. The molecule has 0 amide bonds. The van der Waals surface area contributed by atoms with Gasteiger partial charge in [0.25, 0.3) is 5.56 Å². The summed E-state index contributed by atoms with van der Waals surface area (Å²) in [5.74, 6) is 0.430. The molecule has 7 nitrogen and oxygen atoms in total. The van der Waals surface area contributed by atoms with E-state index in [0.717, 1.165) is 31.9 Å². The lowest BCUT2D eigenvalue weighted by Crippen LogP contribution is -2.44. The average molecular weight is 310 g/mol. The molecule has 0 spiro atoms. The van der Waals surface area contributed by atoms with Crippen LogP contribution in [0.4, 0.5) is 5.69 Å². The molecule has 1 aromatic carbocycles. The van der Waals surface area contributed by atoms with Gasteiger partial charge in [-0.15, -0.1) is 0 Å². The first-order chi connectivity index (χ1) is 11.2. The molecular weight excluding hydrogens is 292 g/mol. The van der Waals surface area contributed by atoms with Gasteiger partial charge in [-0.25, -0.2) is 9.67 Å². The summed E-state index contributed by atoms with van der Waals surface area (Å²) in [4.78, 5) is 24.3. The topological polar surface area (TPSA) is 70.0 Å². The van der Waals surface area contributed by atoms with E-state index in [9.17, 15) is 4.79 Å². The van der Waals surface area contributed by atoms with Crippen LogP contribution in [0.15, 0.2) is 41.5 Å². The minimum Gasteiger partial charge on any atom is -0.369 e. The Bertz CT molecular complexity index is 877. The maximum absolute atomic E-state index is 12.4. The van der Waals surface area contributed by atoms with Crippen LogP contribution in [0.3, 0.4) is 0 Å². The van der Waals surface area contributed by atoms with Gasteiger partial charge >= 0.3 is 0 Å². The molecule has 0 aliphatic carbocycles. The smallest absolute Gasteiger partial charge is 0.260 e. The molecule has 1 saturated heterocycles. The highest BCUT2D eigenvalue weighted by atomic mass is 16.1. The zero-order valence-corrected chi connectivity index (χ0v) is 12.9. The molecule has 0 radical (unpaired) electrons. The number of aromatic amines is 1. The van der Waals surface area contributed by atoms with Crippen molar-refractivity contribution in [1.29, 1.82) is 0 Å². The minimum absolute atomic E-state index is 0.142. The van der Waals surface area contributed by atoms with Gasteiger partial charge in [0.1, 0.15) is 0 Å². The molecule has 0 unspecified atom stereocenters. The minimum atomic E-state index is -0.142. The van der Waals surface area contributed by atoms with E-state index in [1.54, 1.807) is 23.1 Å². The Hall–Kier alpha value is -2.67. The first-order valence-electron chi connectivity index (χ1n) is 7.68. The van der Waals surface area contributed by atoms with Crippen LogP contribution in [0.2, 0.25) is 0 Å². The molecule has 1 aliphatic heterocycles. The van der Waals surface area contributed by atoms with E-state index in [1.807, 2.05) is 18.2 Å². The number of fused-ring (bicyclic) bond motifs is 1. The van der Waals surface area contributed by atoms with Crippen LogP contribution in [-0.4, -0.2) is 57.9 Å². The lowest BCUT2D eigenvalue weighted by atomic mass is 10.2. The molecule has 1 aliphatic rings. The van der Waals surface area contributed by atoms with E-state index >= 15 is 0 Å². The van der Waals surface area contributed by atoms with E-state index in [-0.39, 0.29) is 5.56 Å². The van der Waals surface area contributed by atoms with Crippen LogP contribution in [0, 0.1) is 0 Å². The second kappa shape index (κ2) is 5.51. The highest BCUT2D eigenvalue weighted by Gasteiger charge is 2.15. The summed E-state index contributed by atoms with van der Waals surface area (Å²) in [7, 11) is 2.13. The number of nitrogens with zero attached hydrogens (tertiary/aromatic N) is 5. The maximum Gasteiger partial charge on any atom is 0.260 e. The molecule has 1 fully saturated rings. The number of rotatable bonds is 2. The molecule has 23 heavy (non-hydrogen) atoms. The first kappa shape index (κ1) is 14.0. The van der Waals surface area contributed by atoms with E-state index in [1.165, 1.54) is 0 Å². The van der Waals surface area contributed by atoms with E-state index in [0.29, 0.717) is 16.9 Å². The van der Waals surface area contributed by atoms with Crippen LogP contribution in [-0.2, 0) is 0 Å². The Balaban J connectivity index is 1.74. The number of nitrogens with one attached hydrogen (secondary N) is 1. The zero-order valence-electron chi connectivity index (χ0n) is 12.9. The Morgan fingerprint density at radius 1 is 1.17 bits per heavy atom. The van der Waals surface area contributed by atoms with Crippen LogP contribution < -0.4 is 10.5 Å². The van der Waals surface area contributed by atoms with Gasteiger partial charge in [-0.2, -0.15) is 5.10 Å². The van der Waals surface area contributed by atoms with Crippen molar-refractivity contribution in [1.82, 2.24) is 24.6 Å². The quantitative estimate of drug-likeness (QED) is 0.760. The van der Waals surface area contributed by atoms with Crippen molar-refractivity contribution in [3.63, 3.8) is 0 Å². The van der Waals surface area contributed by atoms with Crippen LogP contribution in [0.5, 0.6) is 0 Å². The van der Waals surface area contributed by atoms with Crippen molar-refractivity contribution in [3.8, 4) is 5.95 Å². The third kappa shape index (κ3) is 2.59. The monoisotopic (exact) mass is 310 g/mol. The predicted molar refractivity (Wildman–Crippen MR) is 89.2 cm³/mol. The van der Waals surface area contributed by atoms with Crippen molar-refractivity contribution < 1.29 is 0 Å². The van der Waals surface area contributed by atoms with Gasteiger partial charge in [0.05, 0.1) is 10.9 Å². The number of piperazine rings is 1. The van der Waals surface area contributed by atoms with Gasteiger partial charge in [0.2, 0.25) is 5.95 Å². The van der Waals surface area contributed by atoms with E-state index in [4.69, 9.17) is 0 Å². The summed E-state index contributed by atoms with van der Waals surface area (Å²) in [6, 6.07) is 7.66. The van der Waals surface area contributed by atoms with E-state index in [2.05, 4.69) is 31.9 Å². The zero-order chi connectivity index (χ0) is 15.8. The number of likely N-dealkylation sites (N-methyl/N-ethyl adjacent to an activating group) is 1. The van der Waals surface area contributed by atoms with Crippen LogP contribution in [0.25, 0.3) is 16.9 Å². The fraction of sp³-hybridized carbons (Fsp3) is 0.312. The lowest BCUT2D eigenvalue weighted by molar-refractivity contribution is 0.313. The third-order valence-electron chi connectivity index (χ3n) is 4.27. The molecule has 7 heteroatoms. The second-order valence-corrected chi connectivity index (χ2v) is 5.83. The Kier molecular flexibility index (Phi) is 3.34. The predicted octanol–water partition coefficient (Wildman–Crippen LogP) is 0.861. The third-order valence-corrected chi connectivity index (χ3v) is 4.27. The molecule has 4 rings (SSSR count). The van der Waals surface area contributed by atoms with Crippen molar-refractivity contribution in [2.24, 2.45) is 0 Å². The highest BCUT2D eigenvalue weighted by Crippen LogP contribution is 2.20. The number of hydrogen-bond acceptors (Lipinski definition) is 5. The van der Waals surface area contributed by atoms with Gasteiger partial charge in [0.15, 0.2) is 0 Å². The van der Waals surface area contributed by atoms with Crippen molar-refractivity contribution in [2.45, 2.75) is 0 Å². The van der Waals surface area contributed by atoms with Gasteiger partial charge < -0.3 is 9.80 Å². The number of H-pyrrole nitrogens is 1. The molecule has 0 bridgehead atoms. The van der Waals surface area contributed by atoms with Gasteiger partial charge in [0, 0.05) is 44.3 Å². The Morgan fingerprint density at radius 3 is 2.74 bits per heavy atom. The van der Waals surface area contributed by atoms with Crippen molar-refractivity contribution >= 4 is 16.6 Å². The SMILES string of the molecule is CN1CCN(c2ccc3nc(-n4cccn4)[nH]c(=O)c3c2)CC1. The standard InChI is InChI=1S/C16H18N6O/c1-20-7-9-21(10-8-20)12-3-4-14-13(11-12)15(23)19-16(18-14)22-6-2-5-17-22/h2-6,11H,7-10H2,1H3,(H,18,19,23). The average Bonchev–Trinajstić information content (AvgIpc) is 3.10. The van der Waals surface area contributed by atoms with Gasteiger partial charge in [-0.05, 0) is 31.3 Å². The molecule has 3 heterocycles. The number of benzene rings is 1. The van der Waals surface area contributed by atoms with Crippen molar-refractivity contribution in [2.75, 3.05) is 38.1 Å². The lowest BCUT2D eigenvalue weighted by Gasteiger charge is -2.34. The Morgan fingerprint density at radius 2 is 2.00 bits per heavy atom. The fourth-order valence-electron chi connectivity index (χ4n) is 2.88. The number of anilines is 1. The first-order valence-corrected chi connectivity index (χ1v) is 7.68. The second-order valence-electron chi connectivity index (χ2n) is 5.83. The largest absolute Gasteiger partial charge is 0.369 e. The van der Waals surface area contributed by atoms with Crippen LogP contribution in [0.1, 0.15) is 0 Å². The van der Waals surface area contributed by atoms with E-state index < -0.39 is 0 Å². The fourth-order valence-corrected chi connectivity index (χ4v) is 2.88. The Labute approximate surface area is 133 Å². The summed E-state index contributed by atoms with van der Waals surface area (Å²) in [5, 5.41) is 4.71. The molecule has 118 valence electrons. The molecule has 1 N–H and O–H groups in total. The summed E-state index contributed by atoms with van der Waals surface area (Å²) < 4.78 is 1.55. The van der Waals surface area contributed by atoms with Crippen LogP contribution >= 0.6 is 0 Å². The maximum atomic E-state index is 12.4. The summed E-state index contributed by atoms with van der Waals surface area (Å²) in [6.07, 6.45) is 3.41. The van der Waals surface area contributed by atoms with Gasteiger partial charge in [-0.3, -0.25) is 9.78 Å². The molecule has 3 aromatic rings. The molecular formula is C16H18N6O. The number of hydrogen-bond donors (Lipinski definition) is 1. The van der Waals surface area contributed by atoms with Crippen molar-refractivity contribution in [3.05, 3.63) is 47.0 Å². The molecule has 0 atom stereocenters. The highest BCUT2D eigenvalue weighted by molar-refractivity contribution is 5.82. The summed E-state index contributed by atoms with van der Waals surface area (Å²) in [6.45, 7) is 4.01. The summed E-state index contributed by atoms with van der Waals surface area (Å²) >= 11 is 0. The van der Waals surface area contributed by atoms with Gasteiger partial charge in [-0.1, -0.05) is 0 Å². The normalized spacial score (nSPS) is 16.1.